The monoisotopic (exact) mass is 331 g/mol. The molecule has 1 fully saturated rings. The van der Waals surface area contributed by atoms with Crippen LogP contribution in [0.25, 0.3) is 0 Å². The fourth-order valence-corrected chi connectivity index (χ4v) is 2.84. The third kappa shape index (κ3) is 5.15. The van der Waals surface area contributed by atoms with E-state index < -0.39 is 5.97 Å². The van der Waals surface area contributed by atoms with Crippen LogP contribution in [0.4, 0.5) is 0 Å². The lowest BCUT2D eigenvalue weighted by molar-refractivity contribution is -0.138. The number of hydrogen-bond donors (Lipinski definition) is 1. The number of hydrogen-bond acceptors (Lipinski definition) is 3. The maximum absolute atomic E-state index is 10.4. The van der Waals surface area contributed by atoms with Crippen molar-refractivity contribution in [1.82, 2.24) is 4.90 Å². The lowest BCUT2D eigenvalue weighted by atomic mass is 10.1. The Morgan fingerprint density at radius 1 is 1.33 bits per heavy atom. The van der Waals surface area contributed by atoms with Gasteiger partial charge in [0.2, 0.25) is 0 Å². The molecular weight excluding hydrogens is 313 g/mol. The van der Waals surface area contributed by atoms with Gasteiger partial charge in [-0.05, 0) is 24.5 Å². The number of ether oxygens (including phenoxy) is 1. The van der Waals surface area contributed by atoms with Crippen molar-refractivity contribution >= 4 is 29.2 Å². The van der Waals surface area contributed by atoms with Gasteiger partial charge >= 0.3 is 5.97 Å². The van der Waals surface area contributed by atoms with Gasteiger partial charge in [-0.15, -0.1) is 0 Å². The molecule has 0 atom stereocenters. The van der Waals surface area contributed by atoms with Crippen LogP contribution in [0.1, 0.15) is 24.8 Å². The molecule has 1 heterocycles. The van der Waals surface area contributed by atoms with Gasteiger partial charge in [-0.1, -0.05) is 35.3 Å². The number of carboxylic acids is 1. The molecule has 0 saturated carbocycles. The predicted octanol–water partition coefficient (Wildman–Crippen LogP) is 3.45. The van der Waals surface area contributed by atoms with E-state index in [1.54, 1.807) is 6.07 Å². The molecule has 1 N–H and O–H groups in total. The van der Waals surface area contributed by atoms with Gasteiger partial charge in [0, 0.05) is 19.6 Å². The minimum absolute atomic E-state index is 0.0678. The summed E-state index contributed by atoms with van der Waals surface area (Å²) in [5.41, 5.74) is 1.04. The third-order valence-corrected chi connectivity index (χ3v) is 4.49. The van der Waals surface area contributed by atoms with E-state index in [0.717, 1.165) is 38.0 Å². The summed E-state index contributed by atoms with van der Waals surface area (Å²) in [5, 5.41) is 9.79. The lowest BCUT2D eigenvalue weighted by Gasteiger charge is -2.32. The zero-order valence-corrected chi connectivity index (χ0v) is 13.2. The quantitative estimate of drug-likeness (QED) is 0.867. The molecule has 1 aliphatic rings. The first-order chi connectivity index (χ1) is 10.1. The highest BCUT2D eigenvalue weighted by Crippen LogP contribution is 2.27. The van der Waals surface area contributed by atoms with Gasteiger partial charge in [-0.25, -0.2) is 0 Å². The van der Waals surface area contributed by atoms with Crippen molar-refractivity contribution in [3.05, 3.63) is 33.8 Å². The SMILES string of the molecule is O=C(O)CCOC1CCN(Cc2cccc(Cl)c2Cl)CC1. The van der Waals surface area contributed by atoms with Crippen LogP contribution in [0.2, 0.25) is 10.0 Å². The van der Waals surface area contributed by atoms with E-state index in [9.17, 15) is 4.79 Å². The second kappa shape index (κ2) is 7.99. The predicted molar refractivity (Wildman–Crippen MR) is 83.0 cm³/mol. The van der Waals surface area contributed by atoms with Crippen molar-refractivity contribution < 1.29 is 14.6 Å². The molecule has 0 unspecified atom stereocenters. The molecule has 0 spiro atoms. The lowest BCUT2D eigenvalue weighted by Crippen LogP contribution is -2.36. The van der Waals surface area contributed by atoms with Crippen molar-refractivity contribution in [2.45, 2.75) is 31.9 Å². The molecule has 2 rings (SSSR count). The minimum Gasteiger partial charge on any atom is -0.481 e. The molecule has 1 aromatic rings. The molecule has 116 valence electrons. The summed E-state index contributed by atoms with van der Waals surface area (Å²) in [6.45, 7) is 2.91. The van der Waals surface area contributed by atoms with Crippen molar-refractivity contribution in [2.75, 3.05) is 19.7 Å². The number of carbonyl (C=O) groups is 1. The number of halogens is 2. The van der Waals surface area contributed by atoms with Gasteiger partial charge in [0.15, 0.2) is 0 Å². The Morgan fingerprint density at radius 2 is 2.05 bits per heavy atom. The normalized spacial score (nSPS) is 17.0. The number of rotatable bonds is 6. The van der Waals surface area contributed by atoms with Crippen molar-refractivity contribution in [3.63, 3.8) is 0 Å². The highest BCUT2D eigenvalue weighted by atomic mass is 35.5. The Hall–Kier alpha value is -0.810. The van der Waals surface area contributed by atoms with Crippen molar-refractivity contribution in [1.29, 1.82) is 0 Å². The Balaban J connectivity index is 1.76. The Labute approximate surface area is 134 Å². The van der Waals surface area contributed by atoms with Crippen molar-refractivity contribution in [2.24, 2.45) is 0 Å². The molecule has 0 aliphatic carbocycles. The zero-order valence-electron chi connectivity index (χ0n) is 11.7. The summed E-state index contributed by atoms with van der Waals surface area (Å²) >= 11 is 12.2. The van der Waals surface area contributed by atoms with Crippen LogP contribution in [-0.2, 0) is 16.1 Å². The maximum atomic E-state index is 10.4. The Kier molecular flexibility index (Phi) is 6.30. The van der Waals surface area contributed by atoms with Gasteiger partial charge in [0.05, 0.1) is 29.2 Å². The van der Waals surface area contributed by atoms with E-state index in [1.165, 1.54) is 0 Å². The average molecular weight is 332 g/mol. The molecule has 0 amide bonds. The first-order valence-corrected chi connectivity index (χ1v) is 7.80. The van der Waals surface area contributed by atoms with Gasteiger partial charge in [-0.3, -0.25) is 9.69 Å². The number of benzene rings is 1. The van der Waals surface area contributed by atoms with E-state index in [1.807, 2.05) is 12.1 Å². The topological polar surface area (TPSA) is 49.8 Å². The molecule has 21 heavy (non-hydrogen) atoms. The van der Waals surface area contributed by atoms with E-state index in [2.05, 4.69) is 4.90 Å². The summed E-state index contributed by atoms with van der Waals surface area (Å²) in [7, 11) is 0. The molecule has 0 aromatic heterocycles. The molecule has 1 aliphatic heterocycles. The van der Waals surface area contributed by atoms with Crippen LogP contribution in [0, 0.1) is 0 Å². The Morgan fingerprint density at radius 3 is 2.71 bits per heavy atom. The number of nitrogens with zero attached hydrogens (tertiary/aromatic N) is 1. The van der Waals surface area contributed by atoms with Gasteiger partial charge in [0.1, 0.15) is 0 Å². The first-order valence-electron chi connectivity index (χ1n) is 7.05. The van der Waals surface area contributed by atoms with E-state index in [0.29, 0.717) is 16.7 Å². The first kappa shape index (κ1) is 16.6. The van der Waals surface area contributed by atoms with E-state index in [-0.39, 0.29) is 12.5 Å². The average Bonchev–Trinajstić information content (AvgIpc) is 2.45. The summed E-state index contributed by atoms with van der Waals surface area (Å²) in [5.74, 6) is -0.817. The van der Waals surface area contributed by atoms with Crippen LogP contribution < -0.4 is 0 Å². The number of likely N-dealkylation sites (tertiary alicyclic amines) is 1. The second-order valence-electron chi connectivity index (χ2n) is 5.20. The van der Waals surface area contributed by atoms with Gasteiger partial charge in [0.25, 0.3) is 0 Å². The fraction of sp³-hybridized carbons (Fsp3) is 0.533. The summed E-state index contributed by atoms with van der Waals surface area (Å²) < 4.78 is 5.58. The summed E-state index contributed by atoms with van der Waals surface area (Å²) in [6, 6.07) is 5.69. The molecule has 1 aromatic carbocycles. The van der Waals surface area contributed by atoms with Crippen LogP contribution in [-0.4, -0.2) is 41.8 Å². The number of aliphatic carboxylic acids is 1. The second-order valence-corrected chi connectivity index (χ2v) is 5.99. The van der Waals surface area contributed by atoms with Crippen LogP contribution in [0.3, 0.4) is 0 Å². The standard InChI is InChI=1S/C15H19Cl2NO3/c16-13-3-1-2-11(15(13)17)10-18-7-4-12(5-8-18)21-9-6-14(19)20/h1-3,12H,4-10H2,(H,19,20). The van der Waals surface area contributed by atoms with Gasteiger partial charge in [-0.2, -0.15) is 0 Å². The molecule has 6 heteroatoms. The van der Waals surface area contributed by atoms with Gasteiger partial charge < -0.3 is 9.84 Å². The van der Waals surface area contributed by atoms with E-state index >= 15 is 0 Å². The third-order valence-electron chi connectivity index (χ3n) is 3.63. The fourth-order valence-electron chi connectivity index (χ4n) is 2.46. The summed E-state index contributed by atoms with van der Waals surface area (Å²) in [6.07, 6.45) is 2.06. The molecule has 0 bridgehead atoms. The highest BCUT2D eigenvalue weighted by Gasteiger charge is 2.20. The van der Waals surface area contributed by atoms with Crippen LogP contribution >= 0.6 is 23.2 Å². The highest BCUT2D eigenvalue weighted by molar-refractivity contribution is 6.42. The minimum atomic E-state index is -0.817. The van der Waals surface area contributed by atoms with Crippen molar-refractivity contribution in [3.8, 4) is 0 Å². The molecule has 1 saturated heterocycles. The maximum Gasteiger partial charge on any atom is 0.305 e. The smallest absolute Gasteiger partial charge is 0.305 e. The van der Waals surface area contributed by atoms with Crippen LogP contribution in [0.5, 0.6) is 0 Å². The van der Waals surface area contributed by atoms with Crippen LogP contribution in [0.15, 0.2) is 18.2 Å². The molecule has 4 nitrogen and oxygen atoms in total. The Bertz CT molecular complexity index is 488. The van der Waals surface area contributed by atoms with E-state index in [4.69, 9.17) is 33.0 Å². The number of carboxylic acid groups (broad SMARTS) is 1. The molecular formula is C15H19Cl2NO3. The zero-order chi connectivity index (χ0) is 15.2. The summed E-state index contributed by atoms with van der Waals surface area (Å²) in [4.78, 5) is 12.8. The largest absolute Gasteiger partial charge is 0.481 e. The molecule has 0 radical (unpaired) electrons. The number of piperidine rings is 1.